The molecule has 4 N–H and O–H groups in total. The number of Topliss-reactive ketones (excluding diaryl/α,β-unsaturated/α-hetero) is 1. The van der Waals surface area contributed by atoms with Gasteiger partial charge in [-0.05, 0) is 6.92 Å². The highest BCUT2D eigenvalue weighted by Gasteiger charge is 2.46. The smallest absolute Gasteiger partial charge is 0.229 e. The third-order valence-corrected chi connectivity index (χ3v) is 2.68. The van der Waals surface area contributed by atoms with Gasteiger partial charge in [0.05, 0.1) is 18.0 Å². The van der Waals surface area contributed by atoms with Crippen molar-refractivity contribution in [2.75, 3.05) is 5.75 Å². The van der Waals surface area contributed by atoms with Crippen molar-refractivity contribution in [3.05, 3.63) is 0 Å². The van der Waals surface area contributed by atoms with Crippen LogP contribution in [-0.4, -0.2) is 45.8 Å². The Hall–Kier alpha value is -0.140. The van der Waals surface area contributed by atoms with Crippen molar-refractivity contribution >= 4 is 18.4 Å². The molecule has 14 heavy (non-hydrogen) atoms. The van der Waals surface area contributed by atoms with Crippen molar-refractivity contribution in [3.8, 4) is 0 Å². The van der Waals surface area contributed by atoms with E-state index in [2.05, 4.69) is 12.6 Å². The number of hydrogen-bond donors (Lipinski definition) is 4. The van der Waals surface area contributed by atoms with Crippen LogP contribution in [0, 0.1) is 0 Å². The van der Waals surface area contributed by atoms with Crippen LogP contribution < -0.4 is 5.73 Å². The monoisotopic (exact) mass is 221 g/mol. The highest BCUT2D eigenvalue weighted by molar-refractivity contribution is 7.81. The zero-order valence-corrected chi connectivity index (χ0v) is 8.78. The molecule has 82 valence electrons. The van der Waals surface area contributed by atoms with E-state index in [-0.39, 0.29) is 12.2 Å². The lowest BCUT2D eigenvalue weighted by atomic mass is 9.92. The van der Waals surface area contributed by atoms with Crippen LogP contribution in [0.1, 0.15) is 13.3 Å². The summed E-state index contributed by atoms with van der Waals surface area (Å²) in [6.45, 7) is 1.56. The summed E-state index contributed by atoms with van der Waals surface area (Å²) in [5.74, 6) is -2.54. The fourth-order valence-corrected chi connectivity index (χ4v) is 1.76. The van der Waals surface area contributed by atoms with Crippen molar-refractivity contribution < 1.29 is 19.7 Å². The first-order valence-electron chi connectivity index (χ1n) is 4.38. The fraction of sp³-hybridized carbons (Fsp3) is 0.875. The first-order valence-corrected chi connectivity index (χ1v) is 5.02. The molecule has 0 spiro atoms. The van der Waals surface area contributed by atoms with Gasteiger partial charge in [-0.2, -0.15) is 12.6 Å². The minimum absolute atomic E-state index is 0.0993. The third kappa shape index (κ3) is 2.09. The predicted octanol–water partition coefficient (Wildman–Crippen LogP) is -1.33. The minimum atomic E-state index is -1.89. The lowest BCUT2D eigenvalue weighted by Gasteiger charge is -2.40. The number of hydrogen-bond acceptors (Lipinski definition) is 6. The van der Waals surface area contributed by atoms with Crippen LogP contribution >= 0.6 is 12.6 Å². The molecule has 1 rings (SSSR count). The zero-order chi connectivity index (χ0) is 10.9. The predicted molar refractivity (Wildman–Crippen MR) is 53.0 cm³/mol. The molecule has 5 nitrogen and oxygen atoms in total. The second-order valence-electron chi connectivity index (χ2n) is 3.55. The normalized spacial score (nSPS) is 43.6. The summed E-state index contributed by atoms with van der Waals surface area (Å²) in [7, 11) is 0. The van der Waals surface area contributed by atoms with Gasteiger partial charge in [0.25, 0.3) is 0 Å². The Morgan fingerprint density at radius 2 is 2.36 bits per heavy atom. The molecule has 1 saturated heterocycles. The minimum Gasteiger partial charge on any atom is -0.389 e. The Morgan fingerprint density at radius 3 is 2.79 bits per heavy atom. The SMILES string of the molecule is C[C@@H]1OC(O)(C(=O)CS)C[C@@H](N)[C@H]1O. The molecular formula is C8H15NO4S. The third-order valence-electron chi connectivity index (χ3n) is 2.39. The molecule has 1 aliphatic rings. The van der Waals surface area contributed by atoms with E-state index in [0.717, 1.165) is 0 Å². The summed E-state index contributed by atoms with van der Waals surface area (Å²) in [5, 5.41) is 19.2. The van der Waals surface area contributed by atoms with Crippen LogP contribution in [0.4, 0.5) is 0 Å². The number of ketones is 1. The van der Waals surface area contributed by atoms with Crippen molar-refractivity contribution in [3.63, 3.8) is 0 Å². The highest BCUT2D eigenvalue weighted by atomic mass is 32.1. The maximum Gasteiger partial charge on any atom is 0.229 e. The van der Waals surface area contributed by atoms with Crippen molar-refractivity contribution in [1.29, 1.82) is 0 Å². The Kier molecular flexibility index (Phi) is 3.54. The van der Waals surface area contributed by atoms with E-state index >= 15 is 0 Å². The first-order chi connectivity index (χ1) is 6.40. The molecule has 1 fully saturated rings. The van der Waals surface area contributed by atoms with Crippen LogP contribution in [0.15, 0.2) is 0 Å². The van der Waals surface area contributed by atoms with Gasteiger partial charge in [0, 0.05) is 12.5 Å². The van der Waals surface area contributed by atoms with Crippen LogP contribution in [0.2, 0.25) is 0 Å². The van der Waals surface area contributed by atoms with Gasteiger partial charge >= 0.3 is 0 Å². The van der Waals surface area contributed by atoms with Gasteiger partial charge in [0.2, 0.25) is 11.6 Å². The summed E-state index contributed by atoms with van der Waals surface area (Å²) in [6.07, 6.45) is -1.62. The van der Waals surface area contributed by atoms with Gasteiger partial charge < -0.3 is 20.7 Å². The van der Waals surface area contributed by atoms with Gasteiger partial charge in [-0.1, -0.05) is 0 Å². The molecule has 1 heterocycles. The van der Waals surface area contributed by atoms with Crippen molar-refractivity contribution in [2.45, 2.75) is 37.4 Å². The van der Waals surface area contributed by atoms with E-state index < -0.39 is 29.8 Å². The molecule has 0 aromatic heterocycles. The number of nitrogens with two attached hydrogens (primary N) is 1. The lowest BCUT2D eigenvalue weighted by molar-refractivity contribution is -0.260. The molecule has 0 aromatic carbocycles. The van der Waals surface area contributed by atoms with Gasteiger partial charge in [-0.15, -0.1) is 0 Å². The number of carbonyl (C=O) groups excluding carboxylic acids is 1. The average Bonchev–Trinajstić information content (AvgIpc) is 2.12. The van der Waals surface area contributed by atoms with Gasteiger partial charge in [0.1, 0.15) is 0 Å². The summed E-state index contributed by atoms with van der Waals surface area (Å²) >= 11 is 3.77. The van der Waals surface area contributed by atoms with Crippen molar-refractivity contribution in [1.82, 2.24) is 0 Å². The molecule has 0 saturated carbocycles. The van der Waals surface area contributed by atoms with Crippen LogP contribution in [0.5, 0.6) is 0 Å². The Morgan fingerprint density at radius 1 is 1.79 bits per heavy atom. The highest BCUT2D eigenvalue weighted by Crippen LogP contribution is 2.27. The molecule has 0 aliphatic carbocycles. The van der Waals surface area contributed by atoms with Gasteiger partial charge in [-0.25, -0.2) is 0 Å². The number of aliphatic hydroxyl groups is 2. The molecule has 1 unspecified atom stereocenters. The summed E-state index contributed by atoms with van der Waals surface area (Å²) in [4.78, 5) is 11.3. The Labute approximate surface area is 87.6 Å². The second-order valence-corrected chi connectivity index (χ2v) is 3.86. The van der Waals surface area contributed by atoms with E-state index in [1.54, 1.807) is 6.92 Å². The van der Waals surface area contributed by atoms with Crippen LogP contribution in [0.3, 0.4) is 0 Å². The number of rotatable bonds is 2. The molecule has 1 aliphatic heterocycles. The second kappa shape index (κ2) is 4.16. The average molecular weight is 221 g/mol. The fourth-order valence-electron chi connectivity index (χ4n) is 1.52. The Balaban J connectivity index is 2.78. The van der Waals surface area contributed by atoms with Crippen LogP contribution in [0.25, 0.3) is 0 Å². The molecule has 0 amide bonds. The lowest BCUT2D eigenvalue weighted by Crippen LogP contribution is -2.60. The summed E-state index contributed by atoms with van der Waals surface area (Å²) in [6, 6.07) is -0.660. The Bertz CT molecular complexity index is 223. The van der Waals surface area contributed by atoms with E-state index in [4.69, 9.17) is 10.5 Å². The number of thiol groups is 1. The topological polar surface area (TPSA) is 92.8 Å². The molecule has 0 radical (unpaired) electrons. The molecular weight excluding hydrogens is 206 g/mol. The van der Waals surface area contributed by atoms with Gasteiger partial charge in [-0.3, -0.25) is 4.79 Å². The first kappa shape index (κ1) is 11.9. The number of ether oxygens (including phenoxy) is 1. The zero-order valence-electron chi connectivity index (χ0n) is 7.88. The van der Waals surface area contributed by atoms with Gasteiger partial charge in [0.15, 0.2) is 0 Å². The molecule has 0 aromatic rings. The van der Waals surface area contributed by atoms with Crippen LogP contribution in [-0.2, 0) is 9.53 Å². The van der Waals surface area contributed by atoms with E-state index in [1.807, 2.05) is 0 Å². The van der Waals surface area contributed by atoms with Crippen molar-refractivity contribution in [2.24, 2.45) is 5.73 Å². The maximum atomic E-state index is 11.3. The molecule has 6 heteroatoms. The summed E-state index contributed by atoms with van der Waals surface area (Å²) in [5.41, 5.74) is 5.57. The number of aliphatic hydroxyl groups excluding tert-OH is 1. The molecule has 4 atom stereocenters. The standard InChI is InChI=1S/C8H15NO4S/c1-4-7(11)5(9)2-8(12,13-4)6(10)3-14/h4-5,7,11-12,14H,2-3,9H2,1H3/t4-,5+,7-,8?/m0/s1. The van der Waals surface area contributed by atoms with E-state index in [0.29, 0.717) is 0 Å². The number of carbonyl (C=O) groups is 1. The molecule has 0 bridgehead atoms. The summed E-state index contributed by atoms with van der Waals surface area (Å²) < 4.78 is 5.04. The largest absolute Gasteiger partial charge is 0.389 e. The quantitative estimate of drug-likeness (QED) is 0.434. The van der Waals surface area contributed by atoms with E-state index in [9.17, 15) is 15.0 Å². The maximum absolute atomic E-state index is 11.3. The van der Waals surface area contributed by atoms with E-state index in [1.165, 1.54) is 0 Å².